The van der Waals surface area contributed by atoms with Crippen molar-refractivity contribution in [3.8, 4) is 0 Å². The Morgan fingerprint density at radius 2 is 1.67 bits per heavy atom. The highest BCUT2D eigenvalue weighted by Gasteiger charge is 2.39. The molecule has 0 spiro atoms. The number of carbonyl (C=O) groups excluding carboxylic acids is 1. The molecule has 2 amide bonds. The first-order valence-electron chi connectivity index (χ1n) is 9.49. The Morgan fingerprint density at radius 1 is 1.03 bits per heavy atom. The summed E-state index contributed by atoms with van der Waals surface area (Å²) in [6.07, 6.45) is 4.89. The fraction of sp³-hybridized carbons (Fsp3) is 0.208. The highest BCUT2D eigenvalue weighted by molar-refractivity contribution is 6.30. The molecule has 6 heteroatoms. The normalized spacial score (nSPS) is 10.9. The van der Waals surface area contributed by atoms with E-state index in [-0.39, 0.29) is 19.2 Å². The highest BCUT2D eigenvalue weighted by atomic mass is 35.5. The summed E-state index contributed by atoms with van der Waals surface area (Å²) in [4.78, 5) is 12.3. The van der Waals surface area contributed by atoms with Crippen molar-refractivity contribution in [3.05, 3.63) is 102 Å². The van der Waals surface area contributed by atoms with Gasteiger partial charge in [-0.3, -0.25) is 0 Å². The van der Waals surface area contributed by atoms with Crippen LogP contribution in [-0.2, 0) is 15.3 Å². The molecule has 0 saturated heterocycles. The predicted molar refractivity (Wildman–Crippen MR) is 123 cm³/mol. The lowest BCUT2D eigenvalue weighted by molar-refractivity contribution is -0.204. The second kappa shape index (κ2) is 11.4. The fourth-order valence-corrected chi connectivity index (χ4v) is 3.04. The van der Waals surface area contributed by atoms with Crippen molar-refractivity contribution in [2.75, 3.05) is 25.1 Å². The third kappa shape index (κ3) is 5.83. The first-order chi connectivity index (χ1) is 14.5. The average Bonchev–Trinajstić information content (AvgIpc) is 2.75. The summed E-state index contributed by atoms with van der Waals surface area (Å²) in [6, 6.07) is 12.5. The molecule has 0 unspecified atom stereocenters. The number of aryl methyl sites for hydroxylation is 1. The first-order valence-corrected chi connectivity index (χ1v) is 9.87. The Balaban J connectivity index is 2.66. The summed E-state index contributed by atoms with van der Waals surface area (Å²) in [6.45, 7) is 13.9. The SMILES string of the molecule is C=CCNC(=O)Nc1ccc(C)cc1C(OCC=C)(OCC=C)c1ccc(Cl)cc1. The minimum absolute atomic E-state index is 0.218. The zero-order valence-corrected chi connectivity index (χ0v) is 17.9. The van der Waals surface area contributed by atoms with E-state index in [4.69, 9.17) is 21.1 Å². The molecule has 0 aromatic heterocycles. The molecule has 0 heterocycles. The molecule has 0 bridgehead atoms. The zero-order chi connectivity index (χ0) is 22.0. The average molecular weight is 427 g/mol. The molecule has 2 rings (SSSR count). The van der Waals surface area contributed by atoms with Gasteiger partial charge >= 0.3 is 6.03 Å². The summed E-state index contributed by atoms with van der Waals surface area (Å²) in [5.74, 6) is -1.32. The maximum atomic E-state index is 12.3. The lowest BCUT2D eigenvalue weighted by Gasteiger charge is -2.36. The summed E-state index contributed by atoms with van der Waals surface area (Å²) >= 11 is 6.10. The summed E-state index contributed by atoms with van der Waals surface area (Å²) < 4.78 is 12.5. The smallest absolute Gasteiger partial charge is 0.319 e. The van der Waals surface area contributed by atoms with Gasteiger partial charge in [0.2, 0.25) is 5.79 Å². The maximum absolute atomic E-state index is 12.3. The number of ether oxygens (including phenoxy) is 2. The molecule has 0 aliphatic heterocycles. The van der Waals surface area contributed by atoms with Crippen LogP contribution in [0.2, 0.25) is 5.02 Å². The van der Waals surface area contributed by atoms with Crippen LogP contribution in [0.25, 0.3) is 0 Å². The van der Waals surface area contributed by atoms with Crippen molar-refractivity contribution in [3.63, 3.8) is 0 Å². The highest BCUT2D eigenvalue weighted by Crippen LogP contribution is 2.40. The van der Waals surface area contributed by atoms with Gasteiger partial charge in [-0.05, 0) is 31.2 Å². The van der Waals surface area contributed by atoms with E-state index in [1.54, 1.807) is 30.4 Å². The lowest BCUT2D eigenvalue weighted by Crippen LogP contribution is -2.37. The van der Waals surface area contributed by atoms with Gasteiger partial charge < -0.3 is 20.1 Å². The van der Waals surface area contributed by atoms with Crippen molar-refractivity contribution < 1.29 is 14.3 Å². The third-order valence-electron chi connectivity index (χ3n) is 4.22. The zero-order valence-electron chi connectivity index (χ0n) is 17.1. The summed E-state index contributed by atoms with van der Waals surface area (Å²) in [7, 11) is 0. The molecule has 30 heavy (non-hydrogen) atoms. The van der Waals surface area contributed by atoms with Gasteiger partial charge in [0.25, 0.3) is 0 Å². The number of amides is 2. The molecule has 0 atom stereocenters. The monoisotopic (exact) mass is 426 g/mol. The van der Waals surface area contributed by atoms with Gasteiger partial charge in [-0.1, -0.05) is 53.6 Å². The standard InChI is InChI=1S/C24H27ClN2O3/c1-5-14-26-23(28)27-22-13-8-18(4)17-21(22)24(29-15-6-2,30-16-7-3)19-9-11-20(25)12-10-19/h5-13,17H,1-3,14-16H2,4H3,(H2,26,27,28). The van der Waals surface area contributed by atoms with Crippen LogP contribution < -0.4 is 10.6 Å². The number of rotatable bonds is 11. The van der Waals surface area contributed by atoms with E-state index in [0.717, 1.165) is 11.1 Å². The molecule has 158 valence electrons. The number of nitrogens with one attached hydrogen (secondary N) is 2. The van der Waals surface area contributed by atoms with Gasteiger partial charge in [0, 0.05) is 22.7 Å². The quantitative estimate of drug-likeness (QED) is 0.365. The number of hydrogen-bond donors (Lipinski definition) is 2. The number of halogens is 1. The largest absolute Gasteiger partial charge is 0.338 e. The molecule has 0 aliphatic carbocycles. The maximum Gasteiger partial charge on any atom is 0.319 e. The number of hydrogen-bond acceptors (Lipinski definition) is 3. The van der Waals surface area contributed by atoms with Gasteiger partial charge in [-0.15, -0.1) is 19.7 Å². The molecular formula is C24H27ClN2O3. The van der Waals surface area contributed by atoms with E-state index in [1.165, 1.54) is 0 Å². The van der Waals surface area contributed by atoms with E-state index in [0.29, 0.717) is 22.8 Å². The van der Waals surface area contributed by atoms with E-state index < -0.39 is 5.79 Å². The molecule has 2 aromatic rings. The van der Waals surface area contributed by atoms with Crippen molar-refractivity contribution in [2.24, 2.45) is 0 Å². The van der Waals surface area contributed by atoms with Crippen molar-refractivity contribution in [1.82, 2.24) is 5.32 Å². The Hall–Kier alpha value is -2.86. The molecular weight excluding hydrogens is 400 g/mol. The van der Waals surface area contributed by atoms with Crippen LogP contribution in [0.15, 0.2) is 80.4 Å². The molecule has 0 saturated carbocycles. The van der Waals surface area contributed by atoms with Gasteiger partial charge in [0.05, 0.1) is 18.9 Å². The molecule has 0 fully saturated rings. The van der Waals surface area contributed by atoms with Gasteiger partial charge in [0.1, 0.15) is 0 Å². The molecule has 2 N–H and O–H groups in total. The number of anilines is 1. The van der Waals surface area contributed by atoms with Crippen LogP contribution in [0, 0.1) is 6.92 Å². The number of urea groups is 1. The van der Waals surface area contributed by atoms with E-state index in [9.17, 15) is 4.79 Å². The van der Waals surface area contributed by atoms with Gasteiger partial charge in [-0.25, -0.2) is 4.79 Å². The first kappa shape index (κ1) is 23.4. The summed E-state index contributed by atoms with van der Waals surface area (Å²) in [5.41, 5.74) is 2.88. The molecule has 0 aliphatic rings. The number of benzene rings is 2. The summed E-state index contributed by atoms with van der Waals surface area (Å²) in [5, 5.41) is 6.17. The minimum atomic E-state index is -1.32. The van der Waals surface area contributed by atoms with E-state index >= 15 is 0 Å². The fourth-order valence-electron chi connectivity index (χ4n) is 2.91. The number of carbonyl (C=O) groups is 1. The van der Waals surface area contributed by atoms with Crippen LogP contribution >= 0.6 is 11.6 Å². The van der Waals surface area contributed by atoms with Crippen molar-refractivity contribution in [1.29, 1.82) is 0 Å². The minimum Gasteiger partial charge on any atom is -0.338 e. The Morgan fingerprint density at radius 3 is 2.23 bits per heavy atom. The topological polar surface area (TPSA) is 59.6 Å². The van der Waals surface area contributed by atoms with E-state index in [1.807, 2.05) is 37.3 Å². The predicted octanol–water partition coefficient (Wildman–Crippen LogP) is 5.56. The van der Waals surface area contributed by atoms with Crippen molar-refractivity contribution in [2.45, 2.75) is 12.7 Å². The molecule has 5 nitrogen and oxygen atoms in total. The second-order valence-electron chi connectivity index (χ2n) is 6.50. The Bertz CT molecular complexity index is 882. The molecule has 2 aromatic carbocycles. The van der Waals surface area contributed by atoms with Crippen LogP contribution in [0.1, 0.15) is 16.7 Å². The lowest BCUT2D eigenvalue weighted by atomic mass is 9.93. The van der Waals surface area contributed by atoms with Gasteiger partial charge in [0.15, 0.2) is 0 Å². The second-order valence-corrected chi connectivity index (χ2v) is 6.93. The van der Waals surface area contributed by atoms with Gasteiger partial charge in [-0.2, -0.15) is 0 Å². The van der Waals surface area contributed by atoms with Crippen LogP contribution in [-0.4, -0.2) is 25.8 Å². The molecule has 0 radical (unpaired) electrons. The Labute approximate surface area is 183 Å². The van der Waals surface area contributed by atoms with Crippen LogP contribution in [0.5, 0.6) is 0 Å². The van der Waals surface area contributed by atoms with E-state index in [2.05, 4.69) is 30.4 Å². The van der Waals surface area contributed by atoms with Crippen LogP contribution in [0.4, 0.5) is 10.5 Å². The van der Waals surface area contributed by atoms with Crippen LogP contribution in [0.3, 0.4) is 0 Å². The third-order valence-corrected chi connectivity index (χ3v) is 4.47. The Kier molecular flexibility index (Phi) is 8.87. The van der Waals surface area contributed by atoms with Crippen molar-refractivity contribution >= 4 is 23.3 Å².